The summed E-state index contributed by atoms with van der Waals surface area (Å²) in [6, 6.07) is 21.0. The van der Waals surface area contributed by atoms with Crippen molar-refractivity contribution in [3.05, 3.63) is 71.8 Å². The van der Waals surface area contributed by atoms with Crippen LogP contribution in [0.1, 0.15) is 68.9 Å². The molecule has 0 aliphatic rings. The van der Waals surface area contributed by atoms with Gasteiger partial charge in [0.1, 0.15) is 0 Å². The third-order valence-corrected chi connectivity index (χ3v) is 5.29. The Kier molecular flexibility index (Phi) is 8.87. The summed E-state index contributed by atoms with van der Waals surface area (Å²) >= 11 is 0. The van der Waals surface area contributed by atoms with Gasteiger partial charge < -0.3 is 9.47 Å². The average molecular weight is 355 g/mol. The maximum absolute atomic E-state index is 6.06. The molecule has 1 atom stereocenters. The molecule has 0 bridgehead atoms. The van der Waals surface area contributed by atoms with Gasteiger partial charge in [0.15, 0.2) is 0 Å². The second-order valence-corrected chi connectivity index (χ2v) is 6.96. The van der Waals surface area contributed by atoms with Crippen molar-refractivity contribution in [2.45, 2.75) is 63.6 Å². The lowest BCUT2D eigenvalue weighted by Crippen LogP contribution is -2.38. The third kappa shape index (κ3) is 5.18. The van der Waals surface area contributed by atoms with Gasteiger partial charge in [-0.3, -0.25) is 0 Å². The first-order valence-corrected chi connectivity index (χ1v) is 9.99. The van der Waals surface area contributed by atoms with Crippen molar-refractivity contribution in [2.24, 2.45) is 0 Å². The Labute approximate surface area is 159 Å². The monoisotopic (exact) mass is 354 g/mol. The summed E-state index contributed by atoms with van der Waals surface area (Å²) in [4.78, 5) is 0. The molecule has 142 valence electrons. The first-order valence-electron chi connectivity index (χ1n) is 9.99. The van der Waals surface area contributed by atoms with E-state index in [9.17, 15) is 0 Å². The Bertz CT molecular complexity index is 590. The molecular weight excluding hydrogens is 320 g/mol. The first-order chi connectivity index (χ1) is 12.8. The van der Waals surface area contributed by atoms with Crippen LogP contribution in [-0.2, 0) is 15.3 Å². The van der Waals surface area contributed by atoms with E-state index in [0.29, 0.717) is 0 Å². The van der Waals surface area contributed by atoms with Crippen molar-refractivity contribution in [3.8, 4) is 0 Å². The predicted octanol–water partition coefficient (Wildman–Crippen LogP) is 6.67. The summed E-state index contributed by atoms with van der Waals surface area (Å²) < 4.78 is 12.1. The second-order valence-electron chi connectivity index (χ2n) is 6.96. The van der Waals surface area contributed by atoms with E-state index in [1.807, 2.05) is 6.07 Å². The van der Waals surface area contributed by atoms with Crippen LogP contribution in [0.3, 0.4) is 0 Å². The van der Waals surface area contributed by atoms with E-state index in [2.05, 4.69) is 61.5 Å². The van der Waals surface area contributed by atoms with Crippen molar-refractivity contribution in [2.75, 3.05) is 14.2 Å². The second kappa shape index (κ2) is 11.2. The molecule has 2 rings (SSSR count). The summed E-state index contributed by atoms with van der Waals surface area (Å²) in [5, 5.41) is 0. The van der Waals surface area contributed by atoms with E-state index < -0.39 is 5.79 Å². The van der Waals surface area contributed by atoms with Gasteiger partial charge in [0.25, 0.3) is 0 Å². The summed E-state index contributed by atoms with van der Waals surface area (Å²) in [7, 11) is 3.52. The van der Waals surface area contributed by atoms with Gasteiger partial charge in [0, 0.05) is 25.7 Å². The van der Waals surface area contributed by atoms with E-state index >= 15 is 0 Å². The molecule has 2 heteroatoms. The van der Waals surface area contributed by atoms with Crippen molar-refractivity contribution in [3.63, 3.8) is 0 Å². The molecule has 1 unspecified atom stereocenters. The maximum atomic E-state index is 6.06. The predicted molar refractivity (Wildman–Crippen MR) is 109 cm³/mol. The molecule has 0 fully saturated rings. The standard InChI is InChI=1S/C24H34O2/c1-4-5-6-7-8-15-20-23(21-16-11-9-12-17-21)24(25-2,26-3)22-18-13-10-14-19-22/h9-14,16-19,23H,4-8,15,20H2,1-3H3. The van der Waals surface area contributed by atoms with E-state index in [0.717, 1.165) is 12.0 Å². The van der Waals surface area contributed by atoms with Crippen LogP contribution < -0.4 is 0 Å². The van der Waals surface area contributed by atoms with Crippen LogP contribution in [0.5, 0.6) is 0 Å². The van der Waals surface area contributed by atoms with Gasteiger partial charge in [0.2, 0.25) is 5.79 Å². The Balaban J connectivity index is 2.23. The smallest absolute Gasteiger partial charge is 0.201 e. The highest BCUT2D eigenvalue weighted by Gasteiger charge is 2.41. The number of benzene rings is 2. The highest BCUT2D eigenvalue weighted by molar-refractivity contribution is 5.29. The number of hydrogen-bond acceptors (Lipinski definition) is 2. The van der Waals surface area contributed by atoms with Gasteiger partial charge in [-0.05, 0) is 12.0 Å². The van der Waals surface area contributed by atoms with Crippen LogP contribution >= 0.6 is 0 Å². The highest BCUT2D eigenvalue weighted by atomic mass is 16.7. The van der Waals surface area contributed by atoms with Gasteiger partial charge in [-0.15, -0.1) is 0 Å². The van der Waals surface area contributed by atoms with Crippen molar-refractivity contribution in [1.82, 2.24) is 0 Å². The SMILES string of the molecule is CCCCCCCCC(c1ccccc1)C(OC)(OC)c1ccccc1. The Morgan fingerprint density at radius 3 is 1.85 bits per heavy atom. The minimum Gasteiger partial charge on any atom is -0.349 e. The zero-order valence-corrected chi connectivity index (χ0v) is 16.6. The van der Waals surface area contributed by atoms with Gasteiger partial charge in [-0.1, -0.05) is 106 Å². The van der Waals surface area contributed by atoms with Crippen LogP contribution in [0, 0.1) is 0 Å². The average Bonchev–Trinajstić information content (AvgIpc) is 2.71. The van der Waals surface area contributed by atoms with E-state index in [4.69, 9.17) is 9.47 Å². The summed E-state index contributed by atoms with van der Waals surface area (Å²) in [5.41, 5.74) is 2.35. The van der Waals surface area contributed by atoms with Crippen molar-refractivity contribution in [1.29, 1.82) is 0 Å². The molecule has 0 saturated carbocycles. The molecule has 0 N–H and O–H groups in total. The fourth-order valence-corrected chi connectivity index (χ4v) is 3.87. The Morgan fingerprint density at radius 2 is 1.27 bits per heavy atom. The minimum absolute atomic E-state index is 0.160. The number of hydrogen-bond donors (Lipinski definition) is 0. The molecule has 0 aromatic heterocycles. The fraction of sp³-hybridized carbons (Fsp3) is 0.500. The van der Waals surface area contributed by atoms with Gasteiger partial charge in [0.05, 0.1) is 0 Å². The molecule has 0 radical (unpaired) electrons. The molecular formula is C24H34O2. The number of unbranched alkanes of at least 4 members (excludes halogenated alkanes) is 5. The van der Waals surface area contributed by atoms with Gasteiger partial charge in [-0.2, -0.15) is 0 Å². The maximum Gasteiger partial charge on any atom is 0.201 e. The molecule has 2 nitrogen and oxygen atoms in total. The molecule has 0 aliphatic heterocycles. The lowest BCUT2D eigenvalue weighted by Gasteiger charge is -2.39. The van der Waals surface area contributed by atoms with E-state index in [-0.39, 0.29) is 5.92 Å². The minimum atomic E-state index is -0.758. The lowest BCUT2D eigenvalue weighted by molar-refractivity contribution is -0.233. The van der Waals surface area contributed by atoms with E-state index in [1.54, 1.807) is 14.2 Å². The molecule has 0 amide bonds. The topological polar surface area (TPSA) is 18.5 Å². The van der Waals surface area contributed by atoms with Crippen LogP contribution in [0.15, 0.2) is 60.7 Å². The molecule has 0 aliphatic carbocycles. The van der Waals surface area contributed by atoms with Gasteiger partial charge in [-0.25, -0.2) is 0 Å². The Hall–Kier alpha value is -1.64. The lowest BCUT2D eigenvalue weighted by atomic mass is 9.81. The molecule has 2 aromatic carbocycles. The largest absolute Gasteiger partial charge is 0.349 e. The normalized spacial score (nSPS) is 12.9. The Morgan fingerprint density at radius 1 is 0.731 bits per heavy atom. The van der Waals surface area contributed by atoms with Crippen LogP contribution in [-0.4, -0.2) is 14.2 Å². The first kappa shape index (κ1) is 20.7. The quantitative estimate of drug-likeness (QED) is 0.313. The molecule has 26 heavy (non-hydrogen) atoms. The summed E-state index contributed by atoms with van der Waals surface area (Å²) in [6.07, 6.45) is 8.78. The zero-order chi connectivity index (χ0) is 18.7. The molecule has 2 aromatic rings. The zero-order valence-electron chi connectivity index (χ0n) is 16.6. The molecule has 0 heterocycles. The van der Waals surface area contributed by atoms with Crippen LogP contribution in [0.4, 0.5) is 0 Å². The van der Waals surface area contributed by atoms with Gasteiger partial charge >= 0.3 is 0 Å². The number of ether oxygens (including phenoxy) is 2. The number of rotatable bonds is 12. The van der Waals surface area contributed by atoms with Crippen molar-refractivity contribution < 1.29 is 9.47 Å². The number of methoxy groups -OCH3 is 2. The summed E-state index contributed by atoms with van der Waals surface area (Å²) in [6.45, 7) is 2.26. The van der Waals surface area contributed by atoms with E-state index in [1.165, 1.54) is 44.1 Å². The fourth-order valence-electron chi connectivity index (χ4n) is 3.87. The van der Waals surface area contributed by atoms with Crippen LogP contribution in [0.2, 0.25) is 0 Å². The van der Waals surface area contributed by atoms with Crippen LogP contribution in [0.25, 0.3) is 0 Å². The summed E-state index contributed by atoms with van der Waals surface area (Å²) in [5.74, 6) is -0.598. The molecule has 0 saturated heterocycles. The molecule has 0 spiro atoms. The third-order valence-electron chi connectivity index (χ3n) is 5.29. The van der Waals surface area contributed by atoms with Crippen molar-refractivity contribution >= 4 is 0 Å². The highest BCUT2D eigenvalue weighted by Crippen LogP contribution is 2.43.